The summed E-state index contributed by atoms with van der Waals surface area (Å²) in [7, 11) is -1.72. The van der Waals surface area contributed by atoms with Gasteiger partial charge in [0.05, 0.1) is 9.43 Å². The molecule has 1 saturated heterocycles. The molecule has 0 spiro atoms. The molecule has 0 aliphatic carbocycles. The van der Waals surface area contributed by atoms with Crippen molar-refractivity contribution in [1.82, 2.24) is 4.57 Å². The molecule has 0 aromatic carbocycles. The molecule has 1 aliphatic heterocycles. The van der Waals surface area contributed by atoms with Crippen LogP contribution in [0.4, 0.5) is 0 Å². The van der Waals surface area contributed by atoms with Crippen LogP contribution in [0.1, 0.15) is 27.2 Å². The number of carbonyl (C=O) groups excluding carboxylic acids is 1. The first-order valence-corrected chi connectivity index (χ1v) is 9.95. The van der Waals surface area contributed by atoms with Crippen LogP contribution < -0.4 is 0 Å². The van der Waals surface area contributed by atoms with Crippen LogP contribution in [0, 0.1) is 0 Å². The second-order valence-corrected chi connectivity index (χ2v) is 13.7. The van der Waals surface area contributed by atoms with Gasteiger partial charge in [-0.25, -0.2) is 0 Å². The van der Waals surface area contributed by atoms with E-state index in [4.69, 9.17) is 0 Å². The van der Waals surface area contributed by atoms with E-state index in [9.17, 15) is 4.79 Å². The highest BCUT2D eigenvalue weighted by Gasteiger charge is 2.50. The smallest absolute Gasteiger partial charge is 0.217 e. The third-order valence-electron chi connectivity index (χ3n) is 3.74. The van der Waals surface area contributed by atoms with Crippen molar-refractivity contribution < 1.29 is 4.79 Å². The molecule has 0 bridgehead atoms. The van der Waals surface area contributed by atoms with Crippen molar-refractivity contribution in [3.05, 3.63) is 9.47 Å². The van der Waals surface area contributed by atoms with E-state index in [1.807, 2.05) is 0 Å². The van der Waals surface area contributed by atoms with Crippen LogP contribution in [-0.4, -0.2) is 24.7 Å². The van der Waals surface area contributed by atoms with E-state index in [2.05, 4.69) is 76.4 Å². The van der Waals surface area contributed by atoms with Crippen LogP contribution in [0.25, 0.3) is 0 Å². The topological polar surface area (TPSA) is 20.3 Å². The molecule has 0 N–H and O–H groups in total. The van der Waals surface area contributed by atoms with E-state index < -0.39 is 8.24 Å². The Kier molecular flexibility index (Phi) is 4.13. The molecule has 2 nitrogen and oxygen atoms in total. The van der Waals surface area contributed by atoms with E-state index in [-0.39, 0.29) is 11.1 Å². The van der Waals surface area contributed by atoms with Crippen molar-refractivity contribution in [2.75, 3.05) is 0 Å². The molecule has 0 unspecified atom stereocenters. The fourth-order valence-electron chi connectivity index (χ4n) is 1.81. The third-order valence-corrected chi connectivity index (χ3v) is 9.73. The maximum Gasteiger partial charge on any atom is 0.217 e. The molecule has 0 aromatic rings. The summed E-state index contributed by atoms with van der Waals surface area (Å²) in [5.74, 6) is 0.300. The van der Waals surface area contributed by atoms with Crippen molar-refractivity contribution in [2.45, 2.75) is 51.4 Å². The zero-order valence-electron chi connectivity index (χ0n) is 10.5. The Hall–Kier alpha value is 0.387. The van der Waals surface area contributed by atoms with Crippen molar-refractivity contribution >= 4 is 46.0 Å². The van der Waals surface area contributed by atoms with Crippen molar-refractivity contribution in [3.63, 3.8) is 0 Å². The van der Waals surface area contributed by atoms with E-state index in [1.165, 1.54) is 0 Å². The van der Waals surface area contributed by atoms with E-state index >= 15 is 0 Å². The molecule has 0 radical (unpaired) electrons. The molecule has 1 atom stereocenters. The summed E-state index contributed by atoms with van der Waals surface area (Å²) >= 11 is 6.74. The van der Waals surface area contributed by atoms with E-state index in [0.717, 1.165) is 3.39 Å². The predicted octanol–water partition coefficient (Wildman–Crippen LogP) is 4.22. The van der Waals surface area contributed by atoms with Crippen LogP contribution in [0.15, 0.2) is 9.47 Å². The average molecular weight is 369 g/mol. The maximum absolute atomic E-state index is 11.8. The Morgan fingerprint density at radius 1 is 1.44 bits per heavy atom. The monoisotopic (exact) mass is 367 g/mol. The maximum atomic E-state index is 11.8. The highest BCUT2D eigenvalue weighted by molar-refractivity contribution is 9.28. The molecule has 5 heteroatoms. The number of halogens is 2. The Bertz CT molecular complexity index is 329. The molecule has 1 fully saturated rings. The Balaban J connectivity index is 2.94. The lowest BCUT2D eigenvalue weighted by Crippen LogP contribution is -2.67. The molecule has 1 aliphatic rings. The van der Waals surface area contributed by atoms with Gasteiger partial charge in [-0.2, -0.15) is 0 Å². The van der Waals surface area contributed by atoms with Gasteiger partial charge in [-0.1, -0.05) is 33.9 Å². The number of rotatable bonds is 2. The number of carbonyl (C=O) groups is 1. The van der Waals surface area contributed by atoms with Crippen LogP contribution in [0.2, 0.25) is 18.1 Å². The highest BCUT2D eigenvalue weighted by atomic mass is 79.9. The lowest BCUT2D eigenvalue weighted by molar-refractivity contribution is -0.137. The van der Waals surface area contributed by atoms with Crippen LogP contribution in [0.5, 0.6) is 0 Å². The molecular formula is C11H19Br2NOSi. The van der Waals surface area contributed by atoms with E-state index in [1.54, 1.807) is 0 Å². The summed E-state index contributed by atoms with van der Waals surface area (Å²) in [6.45, 7) is 11.2. The van der Waals surface area contributed by atoms with Crippen molar-refractivity contribution in [1.29, 1.82) is 0 Å². The van der Waals surface area contributed by atoms with Crippen LogP contribution in [0.3, 0.4) is 0 Å². The Labute approximate surface area is 116 Å². The van der Waals surface area contributed by atoms with Gasteiger partial charge in [0.25, 0.3) is 0 Å². The zero-order chi connectivity index (χ0) is 12.7. The van der Waals surface area contributed by atoms with Gasteiger partial charge in [0.2, 0.25) is 5.91 Å². The number of β-lactam (4-membered cyclic amide) rings is 1. The minimum absolute atomic E-state index is 0.202. The summed E-state index contributed by atoms with van der Waals surface area (Å²) in [5.41, 5.74) is 0. The first kappa shape index (κ1) is 14.4. The Morgan fingerprint density at radius 2 is 1.94 bits per heavy atom. The molecule has 16 heavy (non-hydrogen) atoms. The first-order chi connectivity index (χ1) is 7.07. The predicted molar refractivity (Wildman–Crippen MR) is 78.4 cm³/mol. The fraction of sp³-hybridized carbons (Fsp3) is 0.727. The molecule has 92 valence electrons. The largest absolute Gasteiger partial charge is 0.363 e. The number of amides is 1. The van der Waals surface area contributed by atoms with Gasteiger partial charge >= 0.3 is 0 Å². The average Bonchev–Trinajstić information content (AvgIpc) is 1.98. The molecule has 0 aromatic heterocycles. The summed E-state index contributed by atoms with van der Waals surface area (Å²) in [6, 6.07) is 0.266. The SMILES string of the molecule is CC(C)(C)[Si](C)(C)N1C(=O)C[C@H]1C=C(Br)Br. The third kappa shape index (κ3) is 2.62. The van der Waals surface area contributed by atoms with Crippen LogP contribution >= 0.6 is 31.9 Å². The summed E-state index contributed by atoms with van der Waals surface area (Å²) in [4.78, 5) is 11.8. The normalized spacial score (nSPS) is 21.8. The summed E-state index contributed by atoms with van der Waals surface area (Å²) < 4.78 is 3.05. The molecule has 1 amide bonds. The number of hydrogen-bond donors (Lipinski definition) is 0. The lowest BCUT2D eigenvalue weighted by atomic mass is 10.1. The van der Waals surface area contributed by atoms with Gasteiger partial charge in [0, 0.05) is 6.42 Å². The molecule has 1 rings (SSSR count). The summed E-state index contributed by atoms with van der Waals surface area (Å²) in [5, 5.41) is 0.202. The van der Waals surface area contributed by atoms with Crippen LogP contribution in [-0.2, 0) is 4.79 Å². The highest BCUT2D eigenvalue weighted by Crippen LogP contribution is 2.43. The lowest BCUT2D eigenvalue weighted by Gasteiger charge is -2.54. The standard InChI is InChI=1S/C11H19Br2NOSi/c1-11(2,3)16(4,5)14-8(6-9(12)13)7-10(14)15/h6,8H,7H2,1-5H3/t8-/m1/s1. The van der Waals surface area contributed by atoms with Crippen molar-refractivity contribution in [3.8, 4) is 0 Å². The van der Waals surface area contributed by atoms with Gasteiger partial charge in [0.15, 0.2) is 8.24 Å². The first-order valence-electron chi connectivity index (χ1n) is 5.42. The molecule has 0 saturated carbocycles. The second-order valence-electron chi connectivity index (χ2n) is 5.80. The molecule has 1 heterocycles. The van der Waals surface area contributed by atoms with Gasteiger partial charge < -0.3 is 4.57 Å². The summed E-state index contributed by atoms with van der Waals surface area (Å²) in [6.07, 6.45) is 2.72. The minimum Gasteiger partial charge on any atom is -0.363 e. The van der Waals surface area contributed by atoms with Gasteiger partial charge in [-0.05, 0) is 43.0 Å². The minimum atomic E-state index is -1.72. The van der Waals surface area contributed by atoms with E-state index in [0.29, 0.717) is 12.3 Å². The Morgan fingerprint density at radius 3 is 2.25 bits per heavy atom. The quantitative estimate of drug-likeness (QED) is 0.527. The van der Waals surface area contributed by atoms with Gasteiger partial charge in [-0.15, -0.1) is 0 Å². The second kappa shape index (κ2) is 4.57. The fourth-order valence-corrected chi connectivity index (χ4v) is 4.85. The zero-order valence-corrected chi connectivity index (χ0v) is 14.6. The molecular weight excluding hydrogens is 350 g/mol. The van der Waals surface area contributed by atoms with Gasteiger partial charge in [-0.3, -0.25) is 4.79 Å². The van der Waals surface area contributed by atoms with Gasteiger partial charge in [0.1, 0.15) is 0 Å². The number of hydrogen-bond acceptors (Lipinski definition) is 1. The number of nitrogens with zero attached hydrogens (tertiary/aromatic N) is 1. The van der Waals surface area contributed by atoms with Crippen molar-refractivity contribution in [2.24, 2.45) is 0 Å².